The normalized spacial score (nSPS) is 11.5. The van der Waals surface area contributed by atoms with E-state index in [0.29, 0.717) is 17.2 Å². The summed E-state index contributed by atoms with van der Waals surface area (Å²) < 4.78 is 21.7. The van der Waals surface area contributed by atoms with E-state index in [4.69, 9.17) is 18.9 Å². The largest absolute Gasteiger partial charge is 0.519 e. The number of rotatable bonds is 13. The molecule has 0 aliphatic rings. The summed E-state index contributed by atoms with van der Waals surface area (Å²) in [6.45, 7) is 9.77. The van der Waals surface area contributed by atoms with Gasteiger partial charge in [0.25, 0.3) is 0 Å². The van der Waals surface area contributed by atoms with Crippen LogP contribution in [0, 0.1) is 13.8 Å². The van der Waals surface area contributed by atoms with Crippen LogP contribution in [-0.4, -0.2) is 19.2 Å². The van der Waals surface area contributed by atoms with E-state index in [0.717, 1.165) is 56.2 Å². The van der Waals surface area contributed by atoms with Crippen molar-refractivity contribution in [2.24, 2.45) is 0 Å². The highest BCUT2D eigenvalue weighted by Gasteiger charge is 2.24. The van der Waals surface area contributed by atoms with Gasteiger partial charge >= 0.3 is 12.1 Å². The van der Waals surface area contributed by atoms with Crippen molar-refractivity contribution in [2.45, 2.75) is 40.0 Å². The molecule has 0 aliphatic carbocycles. The number of esters is 1. The molecule has 0 N–H and O–H groups in total. The number of nitrogens with zero attached hydrogens (tertiary/aromatic N) is 1. The molecule has 7 heteroatoms. The van der Waals surface area contributed by atoms with Crippen molar-refractivity contribution in [1.29, 1.82) is 0 Å². The Morgan fingerprint density at radius 3 is 1.31 bits per heavy atom. The van der Waals surface area contributed by atoms with Gasteiger partial charge < -0.3 is 23.8 Å². The second kappa shape index (κ2) is 19.2. The van der Waals surface area contributed by atoms with Crippen molar-refractivity contribution in [1.82, 2.24) is 0 Å². The van der Waals surface area contributed by atoms with E-state index < -0.39 is 6.16 Å². The van der Waals surface area contributed by atoms with E-state index >= 15 is 0 Å². The van der Waals surface area contributed by atoms with Crippen LogP contribution in [0.4, 0.5) is 21.9 Å². The van der Waals surface area contributed by atoms with Crippen LogP contribution in [0.3, 0.4) is 0 Å². The van der Waals surface area contributed by atoms with E-state index in [9.17, 15) is 9.59 Å². The fourth-order valence-electron chi connectivity index (χ4n) is 7.08. The Morgan fingerprint density at radius 1 is 0.500 bits per heavy atom. The number of carbonyl (C=O) groups is 2. The molecule has 310 valence electrons. The number of methoxy groups -OCH3 is 1. The monoisotopic (exact) mass is 819 g/mol. The molecule has 7 aromatic rings. The summed E-state index contributed by atoms with van der Waals surface area (Å²) in [5.74, 6) is 1.61. The van der Waals surface area contributed by atoms with Crippen LogP contribution in [0.1, 0.15) is 59.7 Å². The second-order valence-corrected chi connectivity index (χ2v) is 15.5. The van der Waals surface area contributed by atoms with E-state index in [2.05, 4.69) is 118 Å². The van der Waals surface area contributed by atoms with E-state index in [1.165, 1.54) is 18.1 Å². The van der Waals surface area contributed by atoms with Crippen molar-refractivity contribution >= 4 is 40.8 Å². The number of ether oxygens (including phenoxy) is 4. The maximum atomic E-state index is 12.9. The second-order valence-electron chi connectivity index (χ2n) is 15.5. The molecule has 0 atom stereocenters. The SMILES string of the molecule is COc1ccc(/C(=C\C=C\c2ccc(N(c3ccc(C)cc3)c3ccc(C)cc3)cc2)c2ccc(OC(=O)Oc3ccc(C(C)(C)c4ccc(OC(C)=O)cc4)cc3)cc2)cc1. The summed E-state index contributed by atoms with van der Waals surface area (Å²) >= 11 is 0. The van der Waals surface area contributed by atoms with Gasteiger partial charge in [-0.1, -0.05) is 128 Å². The standard InChI is InChI=1S/C55H49NO6/c1-38-10-24-46(25-11-38)56(47-26-12-39(2)13-27-47)48-28-14-41(15-29-48)8-7-9-53(42-16-30-49(59-6)31-17-42)43-18-32-51(33-19-43)61-54(58)62-52-36-22-45(23-37-52)55(4,5)44-20-34-50(35-21-44)60-40(3)57/h7-37H,1-6H3/b8-7+,53-9+. The first kappa shape index (κ1) is 42.5. The van der Waals surface area contributed by atoms with Crippen LogP contribution in [0.2, 0.25) is 0 Å². The van der Waals surface area contributed by atoms with Gasteiger partial charge in [-0.15, -0.1) is 0 Å². The lowest BCUT2D eigenvalue weighted by Gasteiger charge is -2.26. The van der Waals surface area contributed by atoms with Crippen LogP contribution in [0.5, 0.6) is 23.0 Å². The Bertz CT molecular complexity index is 2620. The van der Waals surface area contributed by atoms with Gasteiger partial charge in [0.05, 0.1) is 7.11 Å². The lowest BCUT2D eigenvalue weighted by atomic mass is 9.78. The highest BCUT2D eigenvalue weighted by atomic mass is 16.7. The summed E-state index contributed by atoms with van der Waals surface area (Å²) in [7, 11) is 1.65. The fourth-order valence-corrected chi connectivity index (χ4v) is 7.08. The van der Waals surface area contributed by atoms with E-state index in [1.807, 2.05) is 66.7 Å². The molecule has 0 aliphatic heterocycles. The van der Waals surface area contributed by atoms with Gasteiger partial charge in [-0.3, -0.25) is 4.79 Å². The third-order valence-electron chi connectivity index (χ3n) is 10.7. The van der Waals surface area contributed by atoms with Gasteiger partial charge in [-0.2, -0.15) is 0 Å². The average Bonchev–Trinajstić information content (AvgIpc) is 3.28. The minimum absolute atomic E-state index is 0.351. The quantitative estimate of drug-likeness (QED) is 0.0496. The Kier molecular flexibility index (Phi) is 13.1. The third kappa shape index (κ3) is 10.6. The van der Waals surface area contributed by atoms with Gasteiger partial charge in [-0.25, -0.2) is 4.79 Å². The molecule has 7 nitrogen and oxygen atoms in total. The summed E-state index contributed by atoms with van der Waals surface area (Å²) in [5, 5.41) is 0. The molecule has 0 aromatic heterocycles. The smallest absolute Gasteiger partial charge is 0.497 e. The summed E-state index contributed by atoms with van der Waals surface area (Å²) in [6, 6.07) is 55.7. The Morgan fingerprint density at radius 2 is 0.887 bits per heavy atom. The van der Waals surface area contributed by atoms with Crippen molar-refractivity contribution in [2.75, 3.05) is 12.0 Å². The zero-order chi connectivity index (χ0) is 43.6. The van der Waals surface area contributed by atoms with Crippen molar-refractivity contribution < 1.29 is 28.5 Å². The molecule has 62 heavy (non-hydrogen) atoms. The van der Waals surface area contributed by atoms with Crippen molar-refractivity contribution in [3.05, 3.63) is 221 Å². The lowest BCUT2D eigenvalue weighted by Crippen LogP contribution is -2.19. The predicted octanol–water partition coefficient (Wildman–Crippen LogP) is 13.8. The molecular formula is C55H49NO6. The molecule has 0 radical (unpaired) electrons. The average molecular weight is 820 g/mol. The first-order valence-electron chi connectivity index (χ1n) is 20.4. The van der Waals surface area contributed by atoms with E-state index in [-0.39, 0.29) is 11.4 Å². The van der Waals surface area contributed by atoms with Crippen molar-refractivity contribution in [3.63, 3.8) is 0 Å². The Labute approximate surface area is 364 Å². The summed E-state index contributed by atoms with van der Waals surface area (Å²) in [4.78, 5) is 26.5. The zero-order valence-electron chi connectivity index (χ0n) is 35.8. The molecule has 7 aromatic carbocycles. The molecule has 0 amide bonds. The number of anilines is 3. The van der Waals surface area contributed by atoms with Gasteiger partial charge in [0.2, 0.25) is 0 Å². The van der Waals surface area contributed by atoms with Gasteiger partial charge in [0.1, 0.15) is 23.0 Å². The Hall–Kier alpha value is -7.64. The first-order valence-corrected chi connectivity index (χ1v) is 20.4. The van der Waals surface area contributed by atoms with Crippen molar-refractivity contribution in [3.8, 4) is 23.0 Å². The van der Waals surface area contributed by atoms with Gasteiger partial charge in [0, 0.05) is 29.4 Å². The number of carbonyl (C=O) groups excluding carboxylic acids is 2. The molecule has 0 saturated carbocycles. The number of benzene rings is 7. The van der Waals surface area contributed by atoms with Gasteiger partial charge in [0.15, 0.2) is 0 Å². The summed E-state index contributed by atoms with van der Waals surface area (Å²) in [5.41, 5.74) is 11.3. The fraction of sp³-hybridized carbons (Fsp3) is 0.127. The predicted molar refractivity (Wildman–Crippen MR) is 249 cm³/mol. The van der Waals surface area contributed by atoms with E-state index in [1.54, 1.807) is 43.5 Å². The maximum absolute atomic E-state index is 12.9. The van der Waals surface area contributed by atoms with Crippen LogP contribution >= 0.6 is 0 Å². The number of allylic oxidation sites excluding steroid dienone is 2. The van der Waals surface area contributed by atoms with Crippen LogP contribution < -0.4 is 23.8 Å². The topological polar surface area (TPSA) is 74.3 Å². The van der Waals surface area contributed by atoms with Gasteiger partial charge in [-0.05, 0) is 132 Å². The lowest BCUT2D eigenvalue weighted by molar-refractivity contribution is -0.131. The summed E-state index contributed by atoms with van der Waals surface area (Å²) in [6.07, 6.45) is 5.36. The highest BCUT2D eigenvalue weighted by Crippen LogP contribution is 2.36. The molecule has 0 saturated heterocycles. The molecule has 7 rings (SSSR count). The number of hydrogen-bond donors (Lipinski definition) is 0. The zero-order valence-corrected chi connectivity index (χ0v) is 35.8. The molecule has 0 fully saturated rings. The Balaban J connectivity index is 1.04. The third-order valence-corrected chi connectivity index (χ3v) is 10.7. The molecule has 0 bridgehead atoms. The molecule has 0 spiro atoms. The van der Waals surface area contributed by atoms with Crippen LogP contribution in [0.25, 0.3) is 11.6 Å². The number of hydrogen-bond acceptors (Lipinski definition) is 7. The van der Waals surface area contributed by atoms with Crippen LogP contribution in [-0.2, 0) is 10.2 Å². The van der Waals surface area contributed by atoms with Crippen LogP contribution in [0.15, 0.2) is 182 Å². The minimum atomic E-state index is -0.841. The minimum Gasteiger partial charge on any atom is -0.497 e. The maximum Gasteiger partial charge on any atom is 0.519 e. The molecular weight excluding hydrogens is 771 g/mol. The molecule has 0 heterocycles. The highest BCUT2D eigenvalue weighted by molar-refractivity contribution is 5.82. The molecule has 0 unspecified atom stereocenters. The number of aryl methyl sites for hydroxylation is 2. The first-order chi connectivity index (χ1) is 29.9.